The molecule has 2 rings (SSSR count). The first-order chi connectivity index (χ1) is 8.70. The number of rotatable bonds is 3. The van der Waals surface area contributed by atoms with Crippen LogP contribution < -0.4 is 5.73 Å². The molecule has 0 bridgehead atoms. The van der Waals surface area contributed by atoms with Gasteiger partial charge in [-0.25, -0.2) is 0 Å². The monoisotopic (exact) mass is 266 g/mol. The standard InChI is InChI=1S/C14H19ClN2O/c15-13-3-1-2-12(10-13)14(18)17-8-5-11(4-7-16)6-9-17/h1-3,10-11H,4-9,16H2. The smallest absolute Gasteiger partial charge is 0.253 e. The Balaban J connectivity index is 1.95. The van der Waals surface area contributed by atoms with Crippen molar-refractivity contribution in [3.05, 3.63) is 34.9 Å². The number of carbonyl (C=O) groups excluding carboxylic acids is 1. The lowest BCUT2D eigenvalue weighted by molar-refractivity contribution is 0.0688. The van der Waals surface area contributed by atoms with Crippen molar-refractivity contribution in [2.24, 2.45) is 11.7 Å². The fraction of sp³-hybridized carbons (Fsp3) is 0.500. The first-order valence-electron chi connectivity index (χ1n) is 6.45. The summed E-state index contributed by atoms with van der Waals surface area (Å²) in [7, 11) is 0. The van der Waals surface area contributed by atoms with E-state index >= 15 is 0 Å². The van der Waals surface area contributed by atoms with Crippen molar-refractivity contribution in [2.45, 2.75) is 19.3 Å². The van der Waals surface area contributed by atoms with Crippen LogP contribution in [0.1, 0.15) is 29.6 Å². The van der Waals surface area contributed by atoms with Gasteiger partial charge in [0.05, 0.1) is 0 Å². The van der Waals surface area contributed by atoms with Crippen LogP contribution in [-0.2, 0) is 0 Å². The van der Waals surface area contributed by atoms with Gasteiger partial charge in [0.25, 0.3) is 5.91 Å². The molecular formula is C14H19ClN2O. The molecule has 1 aromatic carbocycles. The number of piperidine rings is 1. The van der Waals surface area contributed by atoms with Gasteiger partial charge in [0.15, 0.2) is 0 Å². The average molecular weight is 267 g/mol. The van der Waals surface area contributed by atoms with Crippen LogP contribution in [0.4, 0.5) is 0 Å². The fourth-order valence-electron chi connectivity index (χ4n) is 2.46. The molecule has 98 valence electrons. The van der Waals surface area contributed by atoms with Gasteiger partial charge in [0.2, 0.25) is 0 Å². The summed E-state index contributed by atoms with van der Waals surface area (Å²) in [5, 5.41) is 0.610. The van der Waals surface area contributed by atoms with Crippen LogP contribution in [0.25, 0.3) is 0 Å². The number of hydrogen-bond acceptors (Lipinski definition) is 2. The molecule has 2 N–H and O–H groups in total. The number of halogens is 1. The van der Waals surface area contributed by atoms with Gasteiger partial charge in [-0.3, -0.25) is 4.79 Å². The maximum absolute atomic E-state index is 12.3. The molecule has 1 amide bonds. The fourth-order valence-corrected chi connectivity index (χ4v) is 2.65. The lowest BCUT2D eigenvalue weighted by atomic mass is 9.93. The third kappa shape index (κ3) is 3.24. The molecule has 1 fully saturated rings. The third-order valence-corrected chi connectivity index (χ3v) is 3.78. The summed E-state index contributed by atoms with van der Waals surface area (Å²) in [5.74, 6) is 0.766. The van der Waals surface area contributed by atoms with Gasteiger partial charge in [-0.05, 0) is 49.9 Å². The SMILES string of the molecule is NCCC1CCN(C(=O)c2cccc(Cl)c2)CC1. The highest BCUT2D eigenvalue weighted by atomic mass is 35.5. The maximum atomic E-state index is 12.3. The minimum absolute atomic E-state index is 0.0868. The molecule has 1 aliphatic heterocycles. The second kappa shape index (κ2) is 6.21. The minimum Gasteiger partial charge on any atom is -0.339 e. The van der Waals surface area contributed by atoms with Crippen molar-refractivity contribution in [3.63, 3.8) is 0 Å². The topological polar surface area (TPSA) is 46.3 Å². The Morgan fingerprint density at radius 1 is 1.39 bits per heavy atom. The molecule has 0 aromatic heterocycles. The first-order valence-corrected chi connectivity index (χ1v) is 6.83. The normalized spacial score (nSPS) is 16.9. The molecule has 18 heavy (non-hydrogen) atoms. The van der Waals surface area contributed by atoms with E-state index in [-0.39, 0.29) is 5.91 Å². The van der Waals surface area contributed by atoms with Crippen LogP contribution in [0.5, 0.6) is 0 Å². The maximum Gasteiger partial charge on any atom is 0.253 e. The van der Waals surface area contributed by atoms with Crippen molar-refractivity contribution >= 4 is 17.5 Å². The van der Waals surface area contributed by atoms with Crippen molar-refractivity contribution in [1.82, 2.24) is 4.90 Å². The van der Waals surface area contributed by atoms with E-state index in [1.54, 1.807) is 12.1 Å². The number of likely N-dealkylation sites (tertiary alicyclic amines) is 1. The molecule has 0 unspecified atom stereocenters. The summed E-state index contributed by atoms with van der Waals surface area (Å²) in [6.45, 7) is 2.40. The van der Waals surface area contributed by atoms with Crippen LogP contribution >= 0.6 is 11.6 Å². The quantitative estimate of drug-likeness (QED) is 0.914. The average Bonchev–Trinajstić information content (AvgIpc) is 2.39. The summed E-state index contributed by atoms with van der Waals surface area (Å²) < 4.78 is 0. The Kier molecular flexibility index (Phi) is 4.61. The number of benzene rings is 1. The Labute approximate surface area is 113 Å². The van der Waals surface area contributed by atoms with Crippen LogP contribution in [-0.4, -0.2) is 30.4 Å². The van der Waals surface area contributed by atoms with E-state index in [0.29, 0.717) is 16.5 Å². The predicted molar refractivity (Wildman–Crippen MR) is 73.8 cm³/mol. The van der Waals surface area contributed by atoms with E-state index in [4.69, 9.17) is 17.3 Å². The second-order valence-electron chi connectivity index (χ2n) is 4.82. The summed E-state index contributed by atoms with van der Waals surface area (Å²) in [5.41, 5.74) is 6.25. The van der Waals surface area contributed by atoms with Crippen LogP contribution in [0.15, 0.2) is 24.3 Å². The molecule has 4 heteroatoms. The molecule has 0 radical (unpaired) electrons. The zero-order chi connectivity index (χ0) is 13.0. The predicted octanol–water partition coefficient (Wildman–Crippen LogP) is 2.54. The molecule has 0 aliphatic carbocycles. The Morgan fingerprint density at radius 3 is 2.72 bits per heavy atom. The van der Waals surface area contributed by atoms with Crippen LogP contribution in [0, 0.1) is 5.92 Å². The van der Waals surface area contributed by atoms with Gasteiger partial charge >= 0.3 is 0 Å². The van der Waals surface area contributed by atoms with E-state index in [0.717, 1.165) is 38.9 Å². The van der Waals surface area contributed by atoms with Gasteiger partial charge in [0, 0.05) is 23.7 Å². The lowest BCUT2D eigenvalue weighted by Gasteiger charge is -2.32. The van der Waals surface area contributed by atoms with E-state index in [1.807, 2.05) is 17.0 Å². The van der Waals surface area contributed by atoms with Crippen molar-refractivity contribution in [3.8, 4) is 0 Å². The summed E-state index contributed by atoms with van der Waals surface area (Å²) in [6.07, 6.45) is 3.19. The van der Waals surface area contributed by atoms with E-state index in [9.17, 15) is 4.79 Å². The number of nitrogens with zero attached hydrogens (tertiary/aromatic N) is 1. The molecular weight excluding hydrogens is 248 g/mol. The molecule has 0 saturated carbocycles. The molecule has 0 spiro atoms. The Bertz CT molecular complexity index is 414. The molecule has 1 heterocycles. The van der Waals surface area contributed by atoms with E-state index < -0.39 is 0 Å². The first kappa shape index (κ1) is 13.4. The van der Waals surface area contributed by atoms with Gasteiger partial charge in [0.1, 0.15) is 0 Å². The zero-order valence-corrected chi connectivity index (χ0v) is 11.2. The largest absolute Gasteiger partial charge is 0.339 e. The van der Waals surface area contributed by atoms with Gasteiger partial charge < -0.3 is 10.6 Å². The highest BCUT2D eigenvalue weighted by Gasteiger charge is 2.23. The van der Waals surface area contributed by atoms with Crippen molar-refractivity contribution < 1.29 is 4.79 Å². The van der Waals surface area contributed by atoms with Gasteiger partial charge in [-0.15, -0.1) is 0 Å². The number of hydrogen-bond donors (Lipinski definition) is 1. The van der Waals surface area contributed by atoms with Crippen LogP contribution in [0.2, 0.25) is 5.02 Å². The highest BCUT2D eigenvalue weighted by Crippen LogP contribution is 2.22. The summed E-state index contributed by atoms with van der Waals surface area (Å²) >= 11 is 5.91. The molecule has 1 aliphatic rings. The molecule has 0 atom stereocenters. The Morgan fingerprint density at radius 2 is 2.11 bits per heavy atom. The Hall–Kier alpha value is -1.06. The number of nitrogens with two attached hydrogens (primary N) is 1. The summed E-state index contributed by atoms with van der Waals surface area (Å²) in [4.78, 5) is 14.2. The zero-order valence-electron chi connectivity index (χ0n) is 10.4. The highest BCUT2D eigenvalue weighted by molar-refractivity contribution is 6.30. The second-order valence-corrected chi connectivity index (χ2v) is 5.26. The summed E-state index contributed by atoms with van der Waals surface area (Å²) in [6, 6.07) is 7.15. The van der Waals surface area contributed by atoms with Crippen molar-refractivity contribution in [1.29, 1.82) is 0 Å². The van der Waals surface area contributed by atoms with E-state index in [2.05, 4.69) is 0 Å². The van der Waals surface area contributed by atoms with Crippen molar-refractivity contribution in [2.75, 3.05) is 19.6 Å². The minimum atomic E-state index is 0.0868. The van der Waals surface area contributed by atoms with Gasteiger partial charge in [-0.2, -0.15) is 0 Å². The lowest BCUT2D eigenvalue weighted by Crippen LogP contribution is -2.38. The molecule has 3 nitrogen and oxygen atoms in total. The van der Waals surface area contributed by atoms with Gasteiger partial charge in [-0.1, -0.05) is 17.7 Å². The number of carbonyl (C=O) groups is 1. The molecule has 1 saturated heterocycles. The number of amides is 1. The van der Waals surface area contributed by atoms with Crippen LogP contribution in [0.3, 0.4) is 0 Å². The van der Waals surface area contributed by atoms with E-state index in [1.165, 1.54) is 0 Å². The molecule has 1 aromatic rings. The third-order valence-electron chi connectivity index (χ3n) is 3.55.